The number of carbonyl (C=O) groups is 1. The summed E-state index contributed by atoms with van der Waals surface area (Å²) in [6.07, 6.45) is 9.10. The fourth-order valence-electron chi connectivity index (χ4n) is 2.59. The highest BCUT2D eigenvalue weighted by Gasteiger charge is 2.16. The Morgan fingerprint density at radius 1 is 1.24 bits per heavy atom. The Kier molecular flexibility index (Phi) is 6.07. The lowest BCUT2D eigenvalue weighted by atomic mass is 10.3. The summed E-state index contributed by atoms with van der Waals surface area (Å²) >= 11 is 12.0. The molecule has 132 valence electrons. The van der Waals surface area contributed by atoms with Crippen molar-refractivity contribution in [3.8, 4) is 5.75 Å². The number of hydrogen-bond donors (Lipinski definition) is 1. The molecule has 2 heterocycles. The van der Waals surface area contributed by atoms with Crippen LogP contribution in [0, 0.1) is 0 Å². The zero-order valence-electron chi connectivity index (χ0n) is 13.4. The molecule has 2 aromatic heterocycles. The highest BCUT2D eigenvalue weighted by molar-refractivity contribution is 6.39. The molecule has 2 aromatic rings. The highest BCUT2D eigenvalue weighted by atomic mass is 35.5. The number of halogens is 2. The van der Waals surface area contributed by atoms with Crippen molar-refractivity contribution in [2.75, 3.05) is 12.1 Å². The van der Waals surface area contributed by atoms with E-state index >= 15 is 0 Å². The summed E-state index contributed by atoms with van der Waals surface area (Å²) in [4.78, 5) is 20.2. The number of carbonyl (C=O) groups excluding carboxylic acids is 1. The van der Waals surface area contributed by atoms with Crippen molar-refractivity contribution in [2.45, 2.75) is 31.8 Å². The fraction of sp³-hybridized carbons (Fsp3) is 0.353. The van der Waals surface area contributed by atoms with Gasteiger partial charge in [-0.2, -0.15) is 0 Å². The van der Waals surface area contributed by atoms with Crippen molar-refractivity contribution in [3.05, 3.63) is 46.5 Å². The van der Waals surface area contributed by atoms with Crippen molar-refractivity contribution in [2.24, 2.45) is 0 Å². The van der Waals surface area contributed by atoms with Crippen LogP contribution >= 0.6 is 23.2 Å². The first-order valence-corrected chi connectivity index (χ1v) is 8.70. The minimum Gasteiger partial charge on any atom is -0.467 e. The van der Waals surface area contributed by atoms with Crippen LogP contribution in [0.15, 0.2) is 30.7 Å². The predicted octanol–water partition coefficient (Wildman–Crippen LogP) is 4.33. The van der Waals surface area contributed by atoms with Gasteiger partial charge in [0.1, 0.15) is 11.4 Å². The summed E-state index contributed by atoms with van der Waals surface area (Å²) in [5, 5.41) is 3.13. The van der Waals surface area contributed by atoms with E-state index in [1.165, 1.54) is 37.5 Å². The summed E-state index contributed by atoms with van der Waals surface area (Å²) in [6, 6.07) is 3.21. The van der Waals surface area contributed by atoms with Gasteiger partial charge in [-0.05, 0) is 18.9 Å². The van der Waals surface area contributed by atoms with Crippen LogP contribution in [0.2, 0.25) is 10.0 Å². The third kappa shape index (κ3) is 4.81. The van der Waals surface area contributed by atoms with Gasteiger partial charge in [-0.3, -0.25) is 14.8 Å². The number of rotatable bonds is 6. The lowest BCUT2D eigenvalue weighted by Gasteiger charge is -2.12. The Hall–Kier alpha value is -1.89. The minimum atomic E-state index is -0.447. The van der Waals surface area contributed by atoms with E-state index in [1.807, 2.05) is 0 Å². The number of ether oxygens (including phenoxy) is 2. The van der Waals surface area contributed by atoms with Crippen molar-refractivity contribution in [1.29, 1.82) is 0 Å². The fourth-order valence-corrected chi connectivity index (χ4v) is 3.05. The Balaban J connectivity index is 1.61. The highest BCUT2D eigenvalue weighted by Crippen LogP contribution is 2.29. The smallest absolute Gasteiger partial charge is 0.274 e. The van der Waals surface area contributed by atoms with Gasteiger partial charge in [-0.25, -0.2) is 0 Å². The number of anilines is 1. The Morgan fingerprint density at radius 3 is 2.68 bits per heavy atom. The van der Waals surface area contributed by atoms with Gasteiger partial charge in [0.2, 0.25) is 0 Å². The van der Waals surface area contributed by atoms with Crippen LogP contribution in [0.3, 0.4) is 0 Å². The maximum absolute atomic E-state index is 12.4. The van der Waals surface area contributed by atoms with Crippen LogP contribution in [0.4, 0.5) is 5.69 Å². The van der Waals surface area contributed by atoms with Crippen molar-refractivity contribution >= 4 is 34.8 Å². The molecule has 8 heteroatoms. The summed E-state index contributed by atoms with van der Waals surface area (Å²) in [5.74, 6) is 0.0576. The summed E-state index contributed by atoms with van der Waals surface area (Å²) in [5.41, 5.74) is 0.475. The maximum atomic E-state index is 12.4. The largest absolute Gasteiger partial charge is 0.467 e. The molecule has 1 saturated carbocycles. The number of pyridine rings is 2. The van der Waals surface area contributed by atoms with Crippen molar-refractivity contribution < 1.29 is 14.3 Å². The molecular formula is C17H17Cl2N3O3. The monoisotopic (exact) mass is 381 g/mol. The molecule has 1 fully saturated rings. The SMILES string of the molecule is O=C(Nc1c(Cl)cncc1Cl)c1cc(OCOC2CCCC2)ccn1. The quantitative estimate of drug-likeness (QED) is 0.753. The van der Waals surface area contributed by atoms with E-state index in [0.29, 0.717) is 11.4 Å². The Labute approximate surface area is 155 Å². The van der Waals surface area contributed by atoms with E-state index in [1.54, 1.807) is 6.07 Å². The molecule has 0 radical (unpaired) electrons. The van der Waals surface area contributed by atoms with Gasteiger partial charge < -0.3 is 14.8 Å². The van der Waals surface area contributed by atoms with E-state index in [9.17, 15) is 4.79 Å². The molecular weight excluding hydrogens is 365 g/mol. The molecule has 0 unspecified atom stereocenters. The normalized spacial score (nSPS) is 14.5. The average Bonchev–Trinajstić information content (AvgIpc) is 3.12. The molecule has 25 heavy (non-hydrogen) atoms. The maximum Gasteiger partial charge on any atom is 0.274 e. The molecule has 0 aliphatic heterocycles. The lowest BCUT2D eigenvalue weighted by molar-refractivity contribution is -0.0325. The van der Waals surface area contributed by atoms with Crippen LogP contribution < -0.4 is 10.1 Å². The van der Waals surface area contributed by atoms with Gasteiger partial charge >= 0.3 is 0 Å². The van der Waals surface area contributed by atoms with Crippen LogP contribution in [0.1, 0.15) is 36.2 Å². The van der Waals surface area contributed by atoms with Gasteiger partial charge in [0.15, 0.2) is 6.79 Å². The van der Waals surface area contributed by atoms with Crippen LogP contribution in [0.5, 0.6) is 5.75 Å². The molecule has 0 spiro atoms. The van der Waals surface area contributed by atoms with Gasteiger partial charge in [0, 0.05) is 24.7 Å². The number of amides is 1. The number of nitrogens with one attached hydrogen (secondary N) is 1. The predicted molar refractivity (Wildman–Crippen MR) is 95.3 cm³/mol. The van der Waals surface area contributed by atoms with E-state index in [0.717, 1.165) is 12.8 Å². The Bertz CT molecular complexity index is 731. The molecule has 0 aromatic carbocycles. The summed E-state index contributed by atoms with van der Waals surface area (Å²) in [6.45, 7) is 0.151. The van der Waals surface area contributed by atoms with E-state index in [2.05, 4.69) is 15.3 Å². The summed E-state index contributed by atoms with van der Waals surface area (Å²) < 4.78 is 11.2. The van der Waals surface area contributed by atoms with Gasteiger partial charge in [-0.15, -0.1) is 0 Å². The van der Waals surface area contributed by atoms with Gasteiger partial charge in [-0.1, -0.05) is 36.0 Å². The summed E-state index contributed by atoms with van der Waals surface area (Å²) in [7, 11) is 0. The number of nitrogens with zero attached hydrogens (tertiary/aromatic N) is 2. The van der Waals surface area contributed by atoms with E-state index in [-0.39, 0.29) is 28.6 Å². The van der Waals surface area contributed by atoms with Gasteiger partial charge in [0.25, 0.3) is 5.91 Å². The number of aromatic nitrogens is 2. The number of hydrogen-bond acceptors (Lipinski definition) is 5. The zero-order valence-corrected chi connectivity index (χ0v) is 14.9. The zero-order chi connectivity index (χ0) is 17.6. The van der Waals surface area contributed by atoms with Crippen molar-refractivity contribution in [1.82, 2.24) is 9.97 Å². The van der Waals surface area contributed by atoms with E-state index in [4.69, 9.17) is 32.7 Å². The Morgan fingerprint density at radius 2 is 1.96 bits per heavy atom. The molecule has 0 atom stereocenters. The molecule has 1 aliphatic carbocycles. The molecule has 1 N–H and O–H groups in total. The second kappa shape index (κ2) is 8.47. The van der Waals surface area contributed by atoms with Gasteiger partial charge in [0.05, 0.1) is 21.8 Å². The minimum absolute atomic E-state index is 0.151. The third-order valence-corrected chi connectivity index (χ3v) is 4.46. The molecule has 1 aliphatic rings. The first kappa shape index (κ1) is 17.9. The molecule has 0 bridgehead atoms. The molecule has 0 saturated heterocycles. The standard InChI is InChI=1S/C17H17Cl2N3O3/c18-13-8-20-9-14(19)16(13)22-17(23)15-7-12(5-6-21-15)25-10-24-11-3-1-2-4-11/h5-9,11H,1-4,10H2,(H,20,22,23). The molecule has 1 amide bonds. The second-order valence-electron chi connectivity index (χ2n) is 5.64. The second-order valence-corrected chi connectivity index (χ2v) is 6.46. The van der Waals surface area contributed by atoms with Crippen molar-refractivity contribution in [3.63, 3.8) is 0 Å². The first-order chi connectivity index (χ1) is 12.1. The lowest BCUT2D eigenvalue weighted by Crippen LogP contribution is -2.15. The molecule has 3 rings (SSSR count). The van der Waals surface area contributed by atoms with E-state index < -0.39 is 5.91 Å². The molecule has 6 nitrogen and oxygen atoms in total. The first-order valence-electron chi connectivity index (χ1n) is 7.94. The third-order valence-electron chi connectivity index (χ3n) is 3.89. The van der Waals surface area contributed by atoms with Crippen LogP contribution in [0.25, 0.3) is 0 Å². The van der Waals surface area contributed by atoms with Crippen LogP contribution in [-0.4, -0.2) is 28.8 Å². The average molecular weight is 382 g/mol. The topological polar surface area (TPSA) is 73.3 Å². The van der Waals surface area contributed by atoms with Crippen LogP contribution in [-0.2, 0) is 4.74 Å².